The molecule has 0 unspecified atom stereocenters. The summed E-state index contributed by atoms with van der Waals surface area (Å²) in [6.45, 7) is 10.4. The largest absolute Gasteiger partial charge is 0.461 e. The van der Waals surface area contributed by atoms with E-state index in [1.54, 1.807) is 13.8 Å². The van der Waals surface area contributed by atoms with Gasteiger partial charge in [0.25, 0.3) is 5.91 Å². The van der Waals surface area contributed by atoms with E-state index in [1.165, 1.54) is 15.6 Å². The average molecular weight is 427 g/mol. The number of anilines is 1. The number of carbonyl (C=O) groups excluding carboxylic acids is 3. The fourth-order valence-electron chi connectivity index (χ4n) is 3.74. The SMILES string of the molecule is CCOC(=O)c1cc2n(n1)C[C@@](C)(C(=O)NCCC(C)C)N(c1ccccc1C)C2=O. The van der Waals surface area contributed by atoms with E-state index in [0.29, 0.717) is 18.2 Å². The van der Waals surface area contributed by atoms with Crippen molar-refractivity contribution >= 4 is 23.5 Å². The molecule has 1 aromatic heterocycles. The van der Waals surface area contributed by atoms with E-state index in [-0.39, 0.29) is 36.4 Å². The van der Waals surface area contributed by atoms with Gasteiger partial charge in [-0.25, -0.2) is 4.79 Å². The fourth-order valence-corrected chi connectivity index (χ4v) is 3.74. The van der Waals surface area contributed by atoms with Gasteiger partial charge in [-0.05, 0) is 44.7 Å². The Morgan fingerprint density at radius 1 is 1.29 bits per heavy atom. The van der Waals surface area contributed by atoms with E-state index in [1.807, 2.05) is 31.2 Å². The van der Waals surface area contributed by atoms with Gasteiger partial charge in [-0.3, -0.25) is 19.2 Å². The summed E-state index contributed by atoms with van der Waals surface area (Å²) >= 11 is 0. The number of carbonyl (C=O) groups is 3. The molecular formula is C23H30N4O4. The van der Waals surface area contributed by atoms with Crippen molar-refractivity contribution in [2.24, 2.45) is 5.92 Å². The molecule has 1 N–H and O–H groups in total. The average Bonchev–Trinajstić information content (AvgIpc) is 3.13. The van der Waals surface area contributed by atoms with Gasteiger partial charge in [-0.15, -0.1) is 0 Å². The molecule has 0 fully saturated rings. The summed E-state index contributed by atoms with van der Waals surface area (Å²) < 4.78 is 6.46. The number of fused-ring (bicyclic) bond motifs is 1. The number of hydrogen-bond donors (Lipinski definition) is 1. The van der Waals surface area contributed by atoms with E-state index in [4.69, 9.17) is 4.74 Å². The molecule has 166 valence electrons. The van der Waals surface area contributed by atoms with Gasteiger partial charge in [0.05, 0.1) is 13.2 Å². The lowest BCUT2D eigenvalue weighted by Gasteiger charge is -2.43. The van der Waals surface area contributed by atoms with Gasteiger partial charge in [0.2, 0.25) is 5.91 Å². The molecule has 1 atom stereocenters. The highest BCUT2D eigenvalue weighted by Gasteiger charge is 2.49. The van der Waals surface area contributed by atoms with Gasteiger partial charge in [0, 0.05) is 18.3 Å². The number of benzene rings is 1. The van der Waals surface area contributed by atoms with E-state index in [0.717, 1.165) is 12.0 Å². The van der Waals surface area contributed by atoms with Crippen molar-refractivity contribution in [2.45, 2.75) is 53.1 Å². The molecule has 1 aliphatic heterocycles. The number of ether oxygens (including phenoxy) is 1. The standard InChI is InChI=1S/C23H30N4O4/c1-6-31-21(29)17-13-19-20(28)27(18-10-8-7-9-16(18)4)23(5,14-26(19)25-17)22(30)24-12-11-15(2)3/h7-10,13,15H,6,11-12,14H2,1-5H3,(H,24,30)/t23-/m0/s1. The number of aryl methyl sites for hydroxylation is 1. The smallest absolute Gasteiger partial charge is 0.358 e. The van der Waals surface area contributed by atoms with Crippen LogP contribution in [0.5, 0.6) is 0 Å². The van der Waals surface area contributed by atoms with Gasteiger partial charge in [-0.2, -0.15) is 5.10 Å². The summed E-state index contributed by atoms with van der Waals surface area (Å²) in [5.74, 6) is -0.796. The summed E-state index contributed by atoms with van der Waals surface area (Å²) in [5, 5.41) is 7.25. The Bertz CT molecular complexity index is 997. The first-order valence-electron chi connectivity index (χ1n) is 10.6. The number of nitrogens with zero attached hydrogens (tertiary/aromatic N) is 3. The van der Waals surface area contributed by atoms with Crippen molar-refractivity contribution in [3.63, 3.8) is 0 Å². The highest BCUT2D eigenvalue weighted by molar-refractivity contribution is 6.12. The maximum absolute atomic E-state index is 13.6. The van der Waals surface area contributed by atoms with Crippen molar-refractivity contribution in [1.82, 2.24) is 15.1 Å². The maximum Gasteiger partial charge on any atom is 0.358 e. The lowest BCUT2D eigenvalue weighted by atomic mass is 9.93. The zero-order valence-corrected chi connectivity index (χ0v) is 18.8. The predicted octanol–water partition coefficient (Wildman–Crippen LogP) is 2.95. The first kappa shape index (κ1) is 22.5. The number of para-hydroxylation sites is 1. The molecule has 2 amide bonds. The van der Waals surface area contributed by atoms with Crippen LogP contribution in [0.15, 0.2) is 30.3 Å². The molecule has 2 aromatic rings. The van der Waals surface area contributed by atoms with Gasteiger partial charge < -0.3 is 10.1 Å². The number of nitrogens with one attached hydrogen (secondary N) is 1. The van der Waals surface area contributed by atoms with Crippen LogP contribution in [0.2, 0.25) is 0 Å². The molecule has 0 saturated carbocycles. The molecule has 8 nitrogen and oxygen atoms in total. The third kappa shape index (κ3) is 4.33. The van der Waals surface area contributed by atoms with Crippen LogP contribution < -0.4 is 10.2 Å². The summed E-state index contributed by atoms with van der Waals surface area (Å²) in [6.07, 6.45) is 0.833. The van der Waals surface area contributed by atoms with Crippen LogP contribution in [0.3, 0.4) is 0 Å². The molecule has 3 rings (SSSR count). The zero-order valence-electron chi connectivity index (χ0n) is 18.8. The Labute approximate surface area is 182 Å². The van der Waals surface area contributed by atoms with Crippen molar-refractivity contribution in [3.8, 4) is 0 Å². The molecule has 31 heavy (non-hydrogen) atoms. The zero-order chi connectivity index (χ0) is 22.8. The van der Waals surface area contributed by atoms with Crippen LogP contribution in [-0.4, -0.2) is 46.3 Å². The quantitative estimate of drug-likeness (QED) is 0.687. The molecular weight excluding hydrogens is 396 g/mol. The van der Waals surface area contributed by atoms with Gasteiger partial charge >= 0.3 is 5.97 Å². The van der Waals surface area contributed by atoms with E-state index < -0.39 is 11.5 Å². The van der Waals surface area contributed by atoms with Gasteiger partial charge in [-0.1, -0.05) is 32.0 Å². The Morgan fingerprint density at radius 3 is 2.65 bits per heavy atom. The summed E-state index contributed by atoms with van der Waals surface area (Å²) in [5.41, 5.74) is 0.610. The van der Waals surface area contributed by atoms with Crippen LogP contribution in [0, 0.1) is 12.8 Å². The Hall–Kier alpha value is -3.16. The third-order valence-corrected chi connectivity index (χ3v) is 5.49. The van der Waals surface area contributed by atoms with Gasteiger partial charge in [0.1, 0.15) is 11.2 Å². The number of amides is 2. The fraction of sp³-hybridized carbons (Fsp3) is 0.478. The van der Waals surface area contributed by atoms with E-state index >= 15 is 0 Å². The van der Waals surface area contributed by atoms with Crippen molar-refractivity contribution < 1.29 is 19.1 Å². The van der Waals surface area contributed by atoms with Gasteiger partial charge in [0.15, 0.2) is 5.69 Å². The summed E-state index contributed by atoms with van der Waals surface area (Å²) in [4.78, 5) is 40.7. The molecule has 0 bridgehead atoms. The summed E-state index contributed by atoms with van der Waals surface area (Å²) in [6, 6.07) is 8.88. The topological polar surface area (TPSA) is 93.5 Å². The molecule has 0 saturated heterocycles. The van der Waals surface area contributed by atoms with Crippen LogP contribution in [0.1, 0.15) is 60.7 Å². The summed E-state index contributed by atoms with van der Waals surface area (Å²) in [7, 11) is 0. The van der Waals surface area contributed by atoms with Crippen LogP contribution in [-0.2, 0) is 16.1 Å². The maximum atomic E-state index is 13.6. The molecule has 0 spiro atoms. The minimum absolute atomic E-state index is 0.0550. The second-order valence-corrected chi connectivity index (χ2v) is 8.43. The van der Waals surface area contributed by atoms with E-state index in [9.17, 15) is 14.4 Å². The van der Waals surface area contributed by atoms with Crippen molar-refractivity contribution in [1.29, 1.82) is 0 Å². The predicted molar refractivity (Wildman–Crippen MR) is 117 cm³/mol. The van der Waals surface area contributed by atoms with E-state index in [2.05, 4.69) is 24.3 Å². The molecule has 8 heteroatoms. The minimum Gasteiger partial charge on any atom is -0.461 e. The highest BCUT2D eigenvalue weighted by Crippen LogP contribution is 2.34. The second-order valence-electron chi connectivity index (χ2n) is 8.43. The molecule has 2 heterocycles. The van der Waals surface area contributed by atoms with Crippen LogP contribution in [0.25, 0.3) is 0 Å². The lowest BCUT2D eigenvalue weighted by molar-refractivity contribution is -0.126. The lowest BCUT2D eigenvalue weighted by Crippen LogP contribution is -2.64. The van der Waals surface area contributed by atoms with Crippen LogP contribution in [0.4, 0.5) is 5.69 Å². The van der Waals surface area contributed by atoms with Crippen molar-refractivity contribution in [2.75, 3.05) is 18.1 Å². The second kappa shape index (κ2) is 8.91. The first-order chi connectivity index (χ1) is 14.7. The number of rotatable bonds is 7. The number of aromatic nitrogens is 2. The number of hydrogen-bond acceptors (Lipinski definition) is 5. The molecule has 0 radical (unpaired) electrons. The number of esters is 1. The third-order valence-electron chi connectivity index (χ3n) is 5.49. The van der Waals surface area contributed by atoms with Crippen LogP contribution >= 0.6 is 0 Å². The normalized spacial score (nSPS) is 18.1. The Morgan fingerprint density at radius 2 is 2.00 bits per heavy atom. The Kier molecular flexibility index (Phi) is 6.48. The molecule has 0 aliphatic carbocycles. The molecule has 1 aromatic carbocycles. The minimum atomic E-state index is -1.22. The Balaban J connectivity index is 2.05. The highest BCUT2D eigenvalue weighted by atomic mass is 16.5. The molecule has 1 aliphatic rings. The first-order valence-corrected chi connectivity index (χ1v) is 10.6. The monoisotopic (exact) mass is 426 g/mol. The van der Waals surface area contributed by atoms with Crippen molar-refractivity contribution in [3.05, 3.63) is 47.3 Å².